The first-order chi connectivity index (χ1) is 9.24. The molecule has 0 unspecified atom stereocenters. The smallest absolute Gasteiger partial charge is 0.306 e. The lowest BCUT2D eigenvalue weighted by Crippen LogP contribution is -2.44. The molecule has 0 saturated heterocycles. The van der Waals surface area contributed by atoms with Gasteiger partial charge in [-0.05, 0) is 19.3 Å². The zero-order chi connectivity index (χ0) is 14.4. The molecule has 116 valence electrons. The molecule has 0 amide bonds. The maximum Gasteiger partial charge on any atom is 0.306 e. The summed E-state index contributed by atoms with van der Waals surface area (Å²) in [5, 5.41) is 0. The van der Waals surface area contributed by atoms with Crippen LogP contribution in [0.1, 0.15) is 59.3 Å². The second kappa shape index (κ2) is 13.1. The highest BCUT2D eigenvalue weighted by Crippen LogP contribution is 2.18. The first-order valence-corrected chi connectivity index (χ1v) is 8.47. The quantitative estimate of drug-likeness (QED) is 0.280. The second-order valence-corrected chi connectivity index (χ2v) is 5.30. The average Bonchev–Trinajstić information content (AvgIpc) is 2.40. The summed E-state index contributed by atoms with van der Waals surface area (Å²) in [6.07, 6.45) is 6.33. The first kappa shape index (κ1) is 19.1. The Morgan fingerprint density at radius 1 is 0.737 bits per heavy atom. The van der Waals surface area contributed by atoms with Crippen molar-refractivity contribution >= 4 is 10.5 Å². The molecule has 0 aromatic rings. The van der Waals surface area contributed by atoms with E-state index in [1.165, 1.54) is 0 Å². The molecule has 0 heterocycles. The van der Waals surface area contributed by atoms with Crippen LogP contribution in [0.4, 0.5) is 0 Å². The van der Waals surface area contributed by atoms with E-state index in [1.54, 1.807) is 0 Å². The van der Waals surface area contributed by atoms with Crippen molar-refractivity contribution in [3.05, 3.63) is 0 Å². The molecule has 0 aromatic heterocycles. The third kappa shape index (κ3) is 9.57. The Labute approximate surface area is 121 Å². The molecule has 0 aromatic carbocycles. The largest absolute Gasteiger partial charge is 0.420 e. The molecule has 0 aliphatic rings. The fraction of sp³-hybridized carbons (Fsp3) is 1.00. The third-order valence-electron chi connectivity index (χ3n) is 2.78. The maximum atomic E-state index is 5.86. The summed E-state index contributed by atoms with van der Waals surface area (Å²) in [6, 6.07) is 0. The number of hydrogen-bond acceptors (Lipinski definition) is 4. The summed E-state index contributed by atoms with van der Waals surface area (Å²) in [7, 11) is 0.659. The minimum atomic E-state index is -0.985. The van der Waals surface area contributed by atoms with E-state index in [9.17, 15) is 0 Å². The number of unbranched alkanes of at least 4 members (excludes halogenated alkanes) is 3. The van der Waals surface area contributed by atoms with Crippen molar-refractivity contribution in [2.75, 3.05) is 26.4 Å². The van der Waals surface area contributed by atoms with Gasteiger partial charge in [0, 0.05) is 0 Å². The minimum absolute atomic E-state index is 0.371. The molecule has 0 atom stereocenters. The highest BCUT2D eigenvalue weighted by Gasteiger charge is 2.33. The summed E-state index contributed by atoms with van der Waals surface area (Å²) >= 11 is 0. The van der Waals surface area contributed by atoms with Gasteiger partial charge in [0.25, 0.3) is 0 Å². The highest BCUT2D eigenvalue weighted by molar-refractivity contribution is 5.97. The van der Waals surface area contributed by atoms with Gasteiger partial charge in [-0.1, -0.05) is 40.0 Å². The lowest BCUT2D eigenvalue weighted by atomic mass is 10.3. The Bertz CT molecular complexity index is 164. The molecule has 4 nitrogen and oxygen atoms in total. The van der Waals surface area contributed by atoms with Crippen LogP contribution in [0.3, 0.4) is 0 Å². The van der Waals surface area contributed by atoms with Gasteiger partial charge in [-0.15, -0.1) is 0 Å². The normalized spacial score (nSPS) is 12.2. The molecular formula is C14H32O4Si. The molecule has 5 heteroatoms. The van der Waals surface area contributed by atoms with Gasteiger partial charge in [0.15, 0.2) is 0 Å². The van der Waals surface area contributed by atoms with Gasteiger partial charge in [-0.3, -0.25) is 0 Å². The fourth-order valence-corrected chi connectivity index (χ4v) is 1.90. The third-order valence-corrected chi connectivity index (χ3v) is 3.07. The van der Waals surface area contributed by atoms with Crippen molar-refractivity contribution in [2.45, 2.75) is 65.3 Å². The maximum absolute atomic E-state index is 5.86. The summed E-state index contributed by atoms with van der Waals surface area (Å²) in [5.41, 5.74) is 0. The summed E-state index contributed by atoms with van der Waals surface area (Å²) in [5.74, 6) is -0.985. The van der Waals surface area contributed by atoms with Crippen molar-refractivity contribution in [3.63, 3.8) is 0 Å². The summed E-state index contributed by atoms with van der Waals surface area (Å²) in [4.78, 5) is 0. The Kier molecular flexibility index (Phi) is 13.1. The molecule has 0 saturated carbocycles. The number of rotatable bonds is 14. The predicted molar refractivity (Wildman–Crippen MR) is 81.2 cm³/mol. The Hall–Kier alpha value is 0.0569. The van der Waals surface area contributed by atoms with E-state index in [2.05, 4.69) is 20.8 Å². The van der Waals surface area contributed by atoms with Crippen molar-refractivity contribution in [1.29, 1.82) is 0 Å². The zero-order valence-corrected chi connectivity index (χ0v) is 15.2. The molecule has 19 heavy (non-hydrogen) atoms. The summed E-state index contributed by atoms with van der Waals surface area (Å²) in [6.45, 7) is 8.76. The second-order valence-electron chi connectivity index (χ2n) is 4.72. The van der Waals surface area contributed by atoms with E-state index in [4.69, 9.17) is 18.6 Å². The fourth-order valence-electron chi connectivity index (χ4n) is 1.54. The number of ether oxygens (including phenoxy) is 3. The lowest BCUT2D eigenvalue weighted by molar-refractivity contribution is -0.389. The topological polar surface area (TPSA) is 36.9 Å². The molecule has 0 N–H and O–H groups in total. The van der Waals surface area contributed by atoms with Crippen LogP contribution in [0, 0.1) is 0 Å². The first-order valence-electron chi connectivity index (χ1n) is 7.65. The van der Waals surface area contributed by atoms with Gasteiger partial charge in [-0.25, -0.2) is 0 Å². The molecule has 0 bridgehead atoms. The standard InChI is InChI=1S/C14H32O4Si/c1-4-7-10-15-14(13-18-19,16-11-8-5-2)17-12-9-6-3/h4-13H2,1-3,19H3. The van der Waals surface area contributed by atoms with Crippen molar-refractivity contribution < 1.29 is 18.6 Å². The van der Waals surface area contributed by atoms with Crippen LogP contribution in [0.25, 0.3) is 0 Å². The van der Waals surface area contributed by atoms with Crippen LogP contribution in [-0.4, -0.2) is 42.9 Å². The predicted octanol–water partition coefficient (Wildman–Crippen LogP) is 2.39. The highest BCUT2D eigenvalue weighted by atomic mass is 28.2. The molecule has 0 spiro atoms. The SMILES string of the molecule is CCCCOC(CO[SiH3])(OCCCC)OCCCC. The van der Waals surface area contributed by atoms with Gasteiger partial charge < -0.3 is 18.6 Å². The van der Waals surface area contributed by atoms with Gasteiger partial charge >= 0.3 is 5.97 Å². The molecule has 0 rings (SSSR count). The van der Waals surface area contributed by atoms with Crippen LogP contribution in [0.15, 0.2) is 0 Å². The van der Waals surface area contributed by atoms with Crippen LogP contribution < -0.4 is 0 Å². The van der Waals surface area contributed by atoms with E-state index < -0.39 is 5.97 Å². The van der Waals surface area contributed by atoms with E-state index >= 15 is 0 Å². The van der Waals surface area contributed by atoms with Crippen LogP contribution in [0.5, 0.6) is 0 Å². The number of hydrogen-bond donors (Lipinski definition) is 0. The van der Waals surface area contributed by atoms with Gasteiger partial charge in [0.1, 0.15) is 17.1 Å². The van der Waals surface area contributed by atoms with E-state index in [-0.39, 0.29) is 0 Å². The van der Waals surface area contributed by atoms with Gasteiger partial charge in [0.2, 0.25) is 0 Å². The van der Waals surface area contributed by atoms with Gasteiger partial charge in [0.05, 0.1) is 19.8 Å². The van der Waals surface area contributed by atoms with Crippen LogP contribution in [-0.2, 0) is 18.6 Å². The Morgan fingerprint density at radius 2 is 1.11 bits per heavy atom. The lowest BCUT2D eigenvalue weighted by Gasteiger charge is -2.33. The van der Waals surface area contributed by atoms with Crippen LogP contribution in [0.2, 0.25) is 0 Å². The monoisotopic (exact) mass is 292 g/mol. The molecule has 0 fully saturated rings. The Balaban J connectivity index is 4.37. The molecular weight excluding hydrogens is 260 g/mol. The van der Waals surface area contributed by atoms with Crippen molar-refractivity contribution in [2.24, 2.45) is 0 Å². The molecule has 0 radical (unpaired) electrons. The average molecular weight is 292 g/mol. The summed E-state index contributed by atoms with van der Waals surface area (Å²) < 4.78 is 22.9. The van der Waals surface area contributed by atoms with Gasteiger partial charge in [-0.2, -0.15) is 0 Å². The zero-order valence-electron chi connectivity index (χ0n) is 13.2. The molecule has 0 aliphatic carbocycles. The van der Waals surface area contributed by atoms with Crippen molar-refractivity contribution in [1.82, 2.24) is 0 Å². The van der Waals surface area contributed by atoms with Crippen LogP contribution >= 0.6 is 0 Å². The van der Waals surface area contributed by atoms with E-state index in [1.807, 2.05) is 0 Å². The van der Waals surface area contributed by atoms with Crippen molar-refractivity contribution in [3.8, 4) is 0 Å². The van der Waals surface area contributed by atoms with E-state index in [0.717, 1.165) is 38.5 Å². The minimum Gasteiger partial charge on any atom is -0.420 e. The van der Waals surface area contributed by atoms with E-state index in [0.29, 0.717) is 36.9 Å². The molecule has 0 aliphatic heterocycles. The Morgan fingerprint density at radius 3 is 1.37 bits per heavy atom.